The topological polar surface area (TPSA) is 316 Å². The molecular weight excluding hydrogens is 570 g/mol. The average molecular weight is 588 g/mol. The number of rotatable bonds is 12. The van der Waals surface area contributed by atoms with Gasteiger partial charge >= 0.3 is 38.0 Å². The van der Waals surface area contributed by atoms with Crippen LogP contribution < -0.4 is 0 Å². The molecule has 0 aliphatic carbocycles. The van der Waals surface area contributed by atoms with E-state index < -0.39 is 30.9 Å². The summed E-state index contributed by atoms with van der Waals surface area (Å²) >= 11 is 0. The molecular formula is C6H18AgN4O17P2+. The van der Waals surface area contributed by atoms with E-state index in [0.29, 0.717) is 0 Å². The van der Waals surface area contributed by atoms with Crippen molar-refractivity contribution in [2.75, 3.05) is 39.5 Å². The van der Waals surface area contributed by atoms with Crippen LogP contribution in [-0.4, -0.2) is 89.0 Å². The van der Waals surface area contributed by atoms with Crippen LogP contribution in [0.5, 0.6) is 0 Å². The van der Waals surface area contributed by atoms with Crippen molar-refractivity contribution in [1.29, 1.82) is 0 Å². The summed E-state index contributed by atoms with van der Waals surface area (Å²) in [5.41, 5.74) is 0. The van der Waals surface area contributed by atoms with Gasteiger partial charge in [-0.25, -0.2) is 9.13 Å². The number of hydrogen-bond donors (Lipinski definition) is 6. The van der Waals surface area contributed by atoms with Gasteiger partial charge in [-0.15, -0.1) is 30.3 Å². The minimum atomic E-state index is -4.64. The second kappa shape index (κ2) is 19.5. The number of hydrogen-bond acceptors (Lipinski definition) is 12. The zero-order chi connectivity index (χ0) is 23.7. The van der Waals surface area contributed by atoms with Crippen LogP contribution in [0.15, 0.2) is 0 Å². The van der Waals surface area contributed by atoms with Gasteiger partial charge in [-0.05, 0) is 0 Å². The Kier molecular flexibility index (Phi) is 23.3. The Morgan fingerprint density at radius 3 is 0.933 bits per heavy atom. The summed E-state index contributed by atoms with van der Waals surface area (Å²) in [6.07, 6.45) is 0. The summed E-state index contributed by atoms with van der Waals surface area (Å²) in [6, 6.07) is 0. The molecule has 30 heavy (non-hydrogen) atoms. The summed E-state index contributed by atoms with van der Waals surface area (Å²) in [4.78, 5) is 86.5. The summed E-state index contributed by atoms with van der Waals surface area (Å²) in [5, 5.41) is 26.8. The molecule has 0 aromatic heterocycles. The molecule has 184 valence electrons. The maximum absolute atomic E-state index is 9.92. The Bertz CT molecular complexity index is 497. The summed E-state index contributed by atoms with van der Waals surface area (Å²) in [6.45, 7) is -0.687. The Morgan fingerprint density at radius 2 is 0.800 bits per heavy atom. The van der Waals surface area contributed by atoms with Gasteiger partial charge in [0.25, 0.3) is 15.3 Å². The van der Waals surface area contributed by atoms with Crippen LogP contribution in [0.4, 0.5) is 0 Å². The standard InChI is InChI=1S/C6H12N4O9.Ag.2H3O4P/c11-8(12)17-4-1-7(2-5-18-9(13)14)3-6-19-10(15)16;;2*1-5(2,3)4/h1-6H2;;2*(H3,1,2,3,4)/q;+1;;. The van der Waals surface area contributed by atoms with Crippen LogP contribution in [0, 0.1) is 30.3 Å². The number of phosphoric acid groups is 2. The Hall–Kier alpha value is -1.48. The van der Waals surface area contributed by atoms with E-state index in [1.54, 1.807) is 0 Å². The van der Waals surface area contributed by atoms with Gasteiger partial charge in [-0.2, -0.15) is 0 Å². The van der Waals surface area contributed by atoms with E-state index in [2.05, 4.69) is 14.5 Å². The van der Waals surface area contributed by atoms with E-state index in [9.17, 15) is 30.3 Å². The molecule has 24 heteroatoms. The van der Waals surface area contributed by atoms with Crippen molar-refractivity contribution in [3.8, 4) is 0 Å². The molecule has 0 atom stereocenters. The summed E-state index contributed by atoms with van der Waals surface area (Å²) in [5.74, 6) is 0. The first-order valence-corrected chi connectivity index (χ1v) is 9.65. The van der Waals surface area contributed by atoms with Crippen molar-refractivity contribution in [2.45, 2.75) is 0 Å². The van der Waals surface area contributed by atoms with Crippen LogP contribution in [0.2, 0.25) is 0 Å². The molecule has 0 aliphatic rings. The fourth-order valence-corrected chi connectivity index (χ4v) is 1.07. The minimum absolute atomic E-state index is 0. The molecule has 0 spiro atoms. The van der Waals surface area contributed by atoms with Crippen LogP contribution in [0.25, 0.3) is 0 Å². The van der Waals surface area contributed by atoms with E-state index in [-0.39, 0.29) is 61.8 Å². The third kappa shape index (κ3) is 63.3. The monoisotopic (exact) mass is 587 g/mol. The smallest absolute Gasteiger partial charge is 0.313 e. The predicted molar refractivity (Wildman–Crippen MR) is 83.8 cm³/mol. The van der Waals surface area contributed by atoms with Crippen LogP contribution in [0.3, 0.4) is 0 Å². The molecule has 0 bridgehead atoms. The average Bonchev–Trinajstić information content (AvgIpc) is 2.41. The molecule has 0 amide bonds. The van der Waals surface area contributed by atoms with E-state index in [4.69, 9.17) is 38.5 Å². The third-order valence-corrected chi connectivity index (χ3v) is 1.81. The van der Waals surface area contributed by atoms with E-state index >= 15 is 0 Å². The first-order chi connectivity index (χ1) is 12.9. The SMILES string of the molecule is O=P(O)(O)O.O=P(O)(O)O.O=[N+]([O-])OCCN(CCO[N+](=O)[O-])CCO[N+](=O)[O-].[Ag+]. The van der Waals surface area contributed by atoms with Crippen molar-refractivity contribution in [3.05, 3.63) is 30.3 Å². The minimum Gasteiger partial charge on any atom is -0.313 e. The molecule has 6 N–H and O–H groups in total. The fourth-order valence-electron chi connectivity index (χ4n) is 1.07. The zero-order valence-electron chi connectivity index (χ0n) is 14.4. The predicted octanol–water partition coefficient (Wildman–Crippen LogP) is -2.95. The normalized spacial score (nSPS) is 10.2. The molecule has 0 fully saturated rings. The molecule has 0 rings (SSSR count). The Morgan fingerprint density at radius 1 is 0.633 bits per heavy atom. The molecule has 21 nitrogen and oxygen atoms in total. The van der Waals surface area contributed by atoms with Gasteiger partial charge in [0.1, 0.15) is 19.8 Å². The molecule has 0 unspecified atom stereocenters. The summed E-state index contributed by atoms with van der Waals surface area (Å²) < 4.78 is 17.8. The summed E-state index contributed by atoms with van der Waals surface area (Å²) in [7, 11) is -9.28. The van der Waals surface area contributed by atoms with Crippen molar-refractivity contribution >= 4 is 15.6 Å². The van der Waals surface area contributed by atoms with Crippen LogP contribution >= 0.6 is 15.6 Å². The van der Waals surface area contributed by atoms with Gasteiger partial charge in [-0.3, -0.25) is 4.90 Å². The Balaban J connectivity index is -0.000000254. The molecule has 0 radical (unpaired) electrons. The zero-order valence-corrected chi connectivity index (χ0v) is 17.7. The van der Waals surface area contributed by atoms with E-state index in [1.807, 2.05) is 0 Å². The van der Waals surface area contributed by atoms with Gasteiger partial charge in [0.05, 0.1) is 0 Å². The second-order valence-electron chi connectivity index (χ2n) is 4.04. The van der Waals surface area contributed by atoms with Gasteiger partial charge in [0, 0.05) is 19.6 Å². The van der Waals surface area contributed by atoms with Crippen molar-refractivity contribution < 1.29 is 90.6 Å². The van der Waals surface area contributed by atoms with Crippen LogP contribution in [0.1, 0.15) is 0 Å². The van der Waals surface area contributed by atoms with Gasteiger partial charge in [-0.1, -0.05) is 0 Å². The molecule has 0 saturated carbocycles. The Labute approximate surface area is 181 Å². The fraction of sp³-hybridized carbons (Fsp3) is 1.00. The van der Waals surface area contributed by atoms with Gasteiger partial charge in [0.15, 0.2) is 0 Å². The molecule has 0 saturated heterocycles. The van der Waals surface area contributed by atoms with Gasteiger partial charge < -0.3 is 43.9 Å². The first kappa shape index (κ1) is 35.9. The molecule has 0 heterocycles. The quantitative estimate of drug-likeness (QED) is 0.0574. The van der Waals surface area contributed by atoms with Crippen molar-refractivity contribution in [1.82, 2.24) is 4.90 Å². The van der Waals surface area contributed by atoms with E-state index in [1.165, 1.54) is 4.90 Å². The molecule has 0 aromatic rings. The maximum Gasteiger partial charge on any atom is 1.00 e. The molecule has 0 aliphatic heterocycles. The van der Waals surface area contributed by atoms with Crippen LogP contribution in [-0.2, 0) is 46.0 Å². The van der Waals surface area contributed by atoms with E-state index in [0.717, 1.165) is 0 Å². The molecule has 0 aromatic carbocycles. The third-order valence-electron chi connectivity index (χ3n) is 1.81. The first-order valence-electron chi connectivity index (χ1n) is 6.52. The van der Waals surface area contributed by atoms with Crippen molar-refractivity contribution in [2.24, 2.45) is 0 Å². The van der Waals surface area contributed by atoms with Gasteiger partial charge in [0.2, 0.25) is 0 Å². The van der Waals surface area contributed by atoms with Crippen molar-refractivity contribution in [3.63, 3.8) is 0 Å². The largest absolute Gasteiger partial charge is 1.00 e. The second-order valence-corrected chi connectivity index (χ2v) is 6.09. The number of nitrogens with zero attached hydrogens (tertiary/aromatic N) is 4. The maximum atomic E-state index is 9.92.